The number of carbonyl (C=O) groups excluding carboxylic acids is 2. The second-order valence-corrected chi connectivity index (χ2v) is 9.40. The van der Waals surface area contributed by atoms with Crippen molar-refractivity contribution >= 4 is 35.1 Å². The van der Waals surface area contributed by atoms with E-state index in [9.17, 15) is 14.0 Å². The average molecular weight is 511 g/mol. The van der Waals surface area contributed by atoms with E-state index < -0.39 is 23.4 Å². The van der Waals surface area contributed by atoms with Crippen molar-refractivity contribution in [3.05, 3.63) is 66.2 Å². The molecular formula is C26H24ClFN4O4. The van der Waals surface area contributed by atoms with Crippen LogP contribution in [0.4, 0.5) is 20.7 Å². The van der Waals surface area contributed by atoms with Gasteiger partial charge in [0.15, 0.2) is 11.6 Å². The number of carbonyl (C=O) groups is 2. The first kappa shape index (κ1) is 25.1. The fourth-order valence-corrected chi connectivity index (χ4v) is 3.75. The van der Waals surface area contributed by atoms with Crippen LogP contribution in [-0.2, 0) is 9.53 Å². The van der Waals surface area contributed by atoms with Crippen molar-refractivity contribution in [1.82, 2.24) is 9.97 Å². The Bertz CT molecular complexity index is 1360. The second-order valence-electron chi connectivity index (χ2n) is 8.97. The van der Waals surface area contributed by atoms with Crippen LogP contribution in [0.2, 0.25) is 5.02 Å². The highest BCUT2D eigenvalue weighted by Gasteiger charge is 2.32. The van der Waals surface area contributed by atoms with Gasteiger partial charge in [0, 0.05) is 27.9 Å². The van der Waals surface area contributed by atoms with E-state index >= 15 is 0 Å². The van der Waals surface area contributed by atoms with Gasteiger partial charge in [-0.3, -0.25) is 14.7 Å². The van der Waals surface area contributed by atoms with Gasteiger partial charge in [-0.25, -0.2) is 14.2 Å². The Kier molecular flexibility index (Phi) is 6.94. The number of fused-ring (bicyclic) bond motifs is 1. The molecule has 0 unspecified atom stereocenters. The van der Waals surface area contributed by atoms with Crippen molar-refractivity contribution in [2.45, 2.75) is 26.4 Å². The fraction of sp³-hybridized carbons (Fsp3) is 0.231. The molecule has 0 aliphatic carbocycles. The van der Waals surface area contributed by atoms with Gasteiger partial charge in [0.2, 0.25) is 5.91 Å². The number of anilines is 2. The zero-order valence-corrected chi connectivity index (χ0v) is 20.7. The predicted octanol–water partition coefficient (Wildman–Crippen LogP) is 5.86. The van der Waals surface area contributed by atoms with Gasteiger partial charge in [-0.15, -0.1) is 0 Å². The highest BCUT2D eigenvalue weighted by Crippen LogP contribution is 2.43. The average Bonchev–Trinajstić information content (AvgIpc) is 2.83. The van der Waals surface area contributed by atoms with E-state index in [0.717, 1.165) is 6.08 Å². The largest absolute Gasteiger partial charge is 0.487 e. The Morgan fingerprint density at radius 2 is 2.00 bits per heavy atom. The Morgan fingerprint density at radius 3 is 2.72 bits per heavy atom. The molecule has 1 aliphatic heterocycles. The van der Waals surface area contributed by atoms with Crippen LogP contribution in [0.25, 0.3) is 22.4 Å². The number of halogens is 2. The van der Waals surface area contributed by atoms with Gasteiger partial charge in [-0.05, 0) is 57.2 Å². The summed E-state index contributed by atoms with van der Waals surface area (Å²) in [5, 5.41) is 2.98. The van der Waals surface area contributed by atoms with Gasteiger partial charge in [0.1, 0.15) is 18.0 Å². The molecule has 3 heterocycles. The molecule has 0 bridgehead atoms. The van der Waals surface area contributed by atoms with E-state index in [2.05, 4.69) is 21.9 Å². The molecule has 1 aliphatic rings. The molecule has 0 radical (unpaired) electrons. The van der Waals surface area contributed by atoms with Crippen LogP contribution in [-0.4, -0.2) is 40.7 Å². The molecule has 2 aromatic heterocycles. The molecule has 1 N–H and O–H groups in total. The molecule has 8 nitrogen and oxygen atoms in total. The molecule has 0 atom stereocenters. The molecule has 1 aromatic carbocycles. The lowest BCUT2D eigenvalue weighted by atomic mass is 10.0. The van der Waals surface area contributed by atoms with Crippen molar-refractivity contribution in [3.63, 3.8) is 0 Å². The van der Waals surface area contributed by atoms with Crippen molar-refractivity contribution in [1.29, 1.82) is 0 Å². The van der Waals surface area contributed by atoms with Gasteiger partial charge in [-0.2, -0.15) is 0 Å². The summed E-state index contributed by atoms with van der Waals surface area (Å²) in [6.45, 7) is 9.10. The Hall–Kier alpha value is -3.98. The van der Waals surface area contributed by atoms with Gasteiger partial charge < -0.3 is 14.8 Å². The Morgan fingerprint density at radius 1 is 1.22 bits per heavy atom. The molecule has 3 aromatic rings. The molecule has 10 heteroatoms. The lowest BCUT2D eigenvalue weighted by molar-refractivity contribution is -0.111. The molecular weight excluding hydrogens is 487 g/mol. The summed E-state index contributed by atoms with van der Waals surface area (Å²) < 4.78 is 26.4. The lowest BCUT2D eigenvalue weighted by Gasteiger charge is -2.32. The molecule has 186 valence electrons. The highest BCUT2D eigenvalue weighted by molar-refractivity contribution is 6.30. The third kappa shape index (κ3) is 5.46. The maximum Gasteiger partial charge on any atom is 0.416 e. The summed E-state index contributed by atoms with van der Waals surface area (Å²) >= 11 is 6.14. The smallest absolute Gasteiger partial charge is 0.416 e. The molecule has 0 saturated carbocycles. The standard InChI is InChI=1S/C26H24ClFN4O4/c1-5-22(33)30-17-10-15(13-29-14-17)18-12-21(19-11-16(27)6-7-20(19)28)31-24-23(18)35-9-8-32(24)25(34)36-26(2,3)4/h5-7,10-14H,1,8-9H2,2-4H3,(H,30,33). The number of pyridine rings is 2. The van der Waals surface area contributed by atoms with E-state index in [0.29, 0.717) is 27.6 Å². The number of hydrogen-bond acceptors (Lipinski definition) is 6. The van der Waals surface area contributed by atoms with Crippen LogP contribution in [0.5, 0.6) is 5.75 Å². The lowest BCUT2D eigenvalue weighted by Crippen LogP contribution is -2.42. The fourth-order valence-electron chi connectivity index (χ4n) is 3.58. The number of amides is 2. The first-order valence-electron chi connectivity index (χ1n) is 11.1. The first-order chi connectivity index (χ1) is 17.1. The maximum atomic E-state index is 14.8. The zero-order chi connectivity index (χ0) is 26.0. The Balaban J connectivity index is 1.92. The number of aromatic nitrogens is 2. The first-order valence-corrected chi connectivity index (χ1v) is 11.5. The predicted molar refractivity (Wildman–Crippen MR) is 136 cm³/mol. The summed E-state index contributed by atoms with van der Waals surface area (Å²) in [7, 11) is 0. The molecule has 36 heavy (non-hydrogen) atoms. The molecule has 4 rings (SSSR count). The van der Waals surface area contributed by atoms with Crippen LogP contribution in [0.1, 0.15) is 20.8 Å². The van der Waals surface area contributed by atoms with E-state index in [4.69, 9.17) is 21.1 Å². The minimum absolute atomic E-state index is 0.144. The molecule has 0 saturated heterocycles. The van der Waals surface area contributed by atoms with Crippen molar-refractivity contribution in [3.8, 4) is 28.1 Å². The molecule has 2 amide bonds. The third-order valence-corrected chi connectivity index (χ3v) is 5.33. The minimum Gasteiger partial charge on any atom is -0.487 e. The topological polar surface area (TPSA) is 93.6 Å². The minimum atomic E-state index is -0.739. The van der Waals surface area contributed by atoms with Gasteiger partial charge >= 0.3 is 6.09 Å². The Labute approximate surface area is 212 Å². The number of nitrogens with zero attached hydrogens (tertiary/aromatic N) is 3. The van der Waals surface area contributed by atoms with E-state index in [1.165, 1.54) is 29.3 Å². The summed E-state index contributed by atoms with van der Waals surface area (Å²) in [6, 6.07) is 7.44. The summed E-state index contributed by atoms with van der Waals surface area (Å²) in [5.41, 5.74) is 1.08. The van der Waals surface area contributed by atoms with E-state index in [-0.39, 0.29) is 30.2 Å². The van der Waals surface area contributed by atoms with E-state index in [1.807, 2.05) is 0 Å². The summed E-state index contributed by atoms with van der Waals surface area (Å²) in [4.78, 5) is 35.0. The third-order valence-electron chi connectivity index (χ3n) is 5.09. The summed E-state index contributed by atoms with van der Waals surface area (Å²) in [5.74, 6) is -0.474. The van der Waals surface area contributed by atoms with Crippen LogP contribution in [0.15, 0.2) is 55.4 Å². The van der Waals surface area contributed by atoms with Crippen molar-refractivity contribution in [2.24, 2.45) is 0 Å². The SMILES string of the molecule is C=CC(=O)Nc1cncc(-c2cc(-c3cc(Cl)ccc3F)nc3c2OCCN3C(=O)OC(C)(C)C)c1. The van der Waals surface area contributed by atoms with Crippen LogP contribution < -0.4 is 15.0 Å². The van der Waals surface area contributed by atoms with Crippen LogP contribution in [0, 0.1) is 5.82 Å². The number of nitrogens with one attached hydrogen (secondary N) is 1. The van der Waals surface area contributed by atoms with Crippen molar-refractivity contribution < 1.29 is 23.5 Å². The van der Waals surface area contributed by atoms with Gasteiger partial charge in [-0.1, -0.05) is 18.2 Å². The normalized spacial score (nSPS) is 12.9. The van der Waals surface area contributed by atoms with E-state index in [1.54, 1.807) is 39.1 Å². The number of ether oxygens (including phenoxy) is 2. The monoisotopic (exact) mass is 510 g/mol. The molecule has 0 spiro atoms. The number of rotatable bonds is 4. The molecule has 0 fully saturated rings. The van der Waals surface area contributed by atoms with Crippen molar-refractivity contribution in [2.75, 3.05) is 23.4 Å². The zero-order valence-electron chi connectivity index (χ0n) is 20.0. The number of benzene rings is 1. The van der Waals surface area contributed by atoms with Crippen LogP contribution in [0.3, 0.4) is 0 Å². The van der Waals surface area contributed by atoms with Gasteiger partial charge in [0.05, 0.1) is 24.1 Å². The second kappa shape index (κ2) is 9.94. The maximum absolute atomic E-state index is 14.8. The van der Waals surface area contributed by atoms with Crippen LogP contribution >= 0.6 is 11.6 Å². The number of hydrogen-bond donors (Lipinski definition) is 1. The summed E-state index contributed by atoms with van der Waals surface area (Å²) in [6.07, 6.45) is 3.57. The van der Waals surface area contributed by atoms with Gasteiger partial charge in [0.25, 0.3) is 0 Å². The highest BCUT2D eigenvalue weighted by atomic mass is 35.5. The quantitative estimate of drug-likeness (QED) is 0.442.